The molecule has 0 bridgehead atoms. The lowest BCUT2D eigenvalue weighted by molar-refractivity contribution is -0.127. The molecule has 1 amide bonds. The number of carbonyl (C=O) groups excluding carboxylic acids is 1. The molecular weight excluding hydrogens is 434 g/mol. The maximum absolute atomic E-state index is 12.8. The molecule has 2 aliphatic rings. The third-order valence-electron chi connectivity index (χ3n) is 7.38. The van der Waals surface area contributed by atoms with Gasteiger partial charge in [-0.25, -0.2) is 4.98 Å². The molecule has 1 heterocycles. The van der Waals surface area contributed by atoms with Crippen LogP contribution >= 0.6 is 11.6 Å². The number of nitrogens with two attached hydrogens (primary N) is 1. The van der Waals surface area contributed by atoms with E-state index in [4.69, 9.17) is 27.1 Å². The Morgan fingerprint density at radius 3 is 2.24 bits per heavy atom. The molecule has 0 spiro atoms. The molecule has 0 radical (unpaired) electrons. The molecule has 5 nitrogen and oxygen atoms in total. The van der Waals surface area contributed by atoms with Crippen molar-refractivity contribution >= 4 is 17.5 Å². The number of hydrogen-bond donors (Lipinski definition) is 1. The van der Waals surface area contributed by atoms with Crippen molar-refractivity contribution in [3.8, 4) is 5.75 Å². The van der Waals surface area contributed by atoms with Crippen molar-refractivity contribution in [2.75, 3.05) is 0 Å². The molecule has 0 saturated heterocycles. The Morgan fingerprint density at radius 1 is 1.06 bits per heavy atom. The highest BCUT2D eigenvalue weighted by Crippen LogP contribution is 2.50. The Hall–Kier alpha value is -2.79. The Labute approximate surface area is 199 Å². The van der Waals surface area contributed by atoms with Gasteiger partial charge in [0, 0.05) is 6.54 Å². The van der Waals surface area contributed by atoms with Crippen LogP contribution in [0.3, 0.4) is 0 Å². The van der Waals surface area contributed by atoms with E-state index in [9.17, 15) is 4.79 Å². The monoisotopic (exact) mass is 463 g/mol. The molecular formula is C27H30ClN3O2. The van der Waals surface area contributed by atoms with Crippen LogP contribution in [0.4, 0.5) is 0 Å². The molecule has 2 fully saturated rings. The van der Waals surface area contributed by atoms with Crippen molar-refractivity contribution in [3.63, 3.8) is 0 Å². The van der Waals surface area contributed by atoms with Gasteiger partial charge in [-0.05, 0) is 69.1 Å². The van der Waals surface area contributed by atoms with Gasteiger partial charge in [-0.15, -0.1) is 0 Å². The summed E-state index contributed by atoms with van der Waals surface area (Å²) in [6, 6.07) is 19.8. The summed E-state index contributed by atoms with van der Waals surface area (Å²) in [6.45, 7) is 2.81. The lowest BCUT2D eigenvalue weighted by atomic mass is 9.64. The lowest BCUT2D eigenvalue weighted by Gasteiger charge is -2.45. The lowest BCUT2D eigenvalue weighted by Crippen LogP contribution is -2.50. The topological polar surface area (TPSA) is 70.1 Å². The summed E-state index contributed by atoms with van der Waals surface area (Å²) in [5.41, 5.74) is 6.43. The predicted octanol–water partition coefficient (Wildman–Crippen LogP) is 5.53. The summed E-state index contributed by atoms with van der Waals surface area (Å²) in [5, 5.41) is 0.683. The number of benzene rings is 2. The molecule has 0 atom stereocenters. The van der Waals surface area contributed by atoms with Crippen molar-refractivity contribution < 1.29 is 9.53 Å². The summed E-state index contributed by atoms with van der Waals surface area (Å²) in [4.78, 5) is 17.7. The summed E-state index contributed by atoms with van der Waals surface area (Å²) in [6.07, 6.45) is 4.86. The first kappa shape index (κ1) is 22.0. The zero-order chi connectivity index (χ0) is 23.1. The average Bonchev–Trinajstić information content (AvgIpc) is 3.61. The van der Waals surface area contributed by atoms with Gasteiger partial charge < -0.3 is 15.0 Å². The third-order valence-corrected chi connectivity index (χ3v) is 7.85. The highest BCUT2D eigenvalue weighted by atomic mass is 35.5. The number of carbonyl (C=O) groups is 1. The van der Waals surface area contributed by atoms with Gasteiger partial charge in [-0.1, -0.05) is 60.1 Å². The van der Waals surface area contributed by atoms with Gasteiger partial charge in [0.1, 0.15) is 10.9 Å². The second-order valence-electron chi connectivity index (χ2n) is 9.59. The smallest absolute Gasteiger partial charge is 0.228 e. The van der Waals surface area contributed by atoms with Crippen LogP contribution in [-0.4, -0.2) is 15.5 Å². The van der Waals surface area contributed by atoms with Gasteiger partial charge >= 0.3 is 0 Å². The number of nitrogens with zero attached hydrogens (tertiary/aromatic N) is 2. The van der Waals surface area contributed by atoms with Crippen LogP contribution in [0, 0.1) is 12.8 Å². The van der Waals surface area contributed by atoms with Crippen LogP contribution in [0.2, 0.25) is 5.15 Å². The van der Waals surface area contributed by atoms with Gasteiger partial charge in [0.2, 0.25) is 5.91 Å². The minimum atomic E-state index is -0.711. The van der Waals surface area contributed by atoms with E-state index in [1.54, 1.807) is 0 Å². The van der Waals surface area contributed by atoms with E-state index in [1.165, 1.54) is 12.8 Å². The molecule has 172 valence electrons. The van der Waals surface area contributed by atoms with Crippen LogP contribution in [0.25, 0.3) is 0 Å². The maximum atomic E-state index is 12.8. The molecule has 1 aromatic heterocycles. The Balaban J connectivity index is 1.56. The number of ether oxygens (including phenoxy) is 1. The molecule has 3 aromatic rings. The molecule has 0 aliphatic heterocycles. The van der Waals surface area contributed by atoms with Crippen molar-refractivity contribution in [3.05, 3.63) is 82.9 Å². The van der Waals surface area contributed by atoms with Crippen LogP contribution in [0.5, 0.6) is 5.75 Å². The van der Waals surface area contributed by atoms with Gasteiger partial charge in [0.15, 0.2) is 11.4 Å². The van der Waals surface area contributed by atoms with E-state index >= 15 is 0 Å². The van der Waals surface area contributed by atoms with Crippen molar-refractivity contribution in [2.45, 2.75) is 63.0 Å². The number of halogens is 1. The van der Waals surface area contributed by atoms with Gasteiger partial charge in [0.25, 0.3) is 0 Å². The first-order valence-corrected chi connectivity index (χ1v) is 12.1. The molecule has 6 heteroatoms. The van der Waals surface area contributed by atoms with Crippen molar-refractivity contribution in [1.29, 1.82) is 0 Å². The molecule has 2 aromatic carbocycles. The number of rotatable bonds is 7. The second kappa shape index (κ2) is 8.53. The molecule has 33 heavy (non-hydrogen) atoms. The van der Waals surface area contributed by atoms with Gasteiger partial charge in [0.05, 0.1) is 11.1 Å². The SMILES string of the molecule is Cc1nc([C@]2(Oc3ccccc3)CC[C@](C(N)=O)(c3ccccc3)CC2)n(CC2CC2)c1Cl. The average molecular weight is 464 g/mol. The van der Waals surface area contributed by atoms with E-state index < -0.39 is 11.0 Å². The van der Waals surface area contributed by atoms with Crippen LogP contribution in [-0.2, 0) is 22.4 Å². The third kappa shape index (κ3) is 4.04. The van der Waals surface area contributed by atoms with Crippen molar-refractivity contribution in [2.24, 2.45) is 11.7 Å². The Morgan fingerprint density at radius 2 is 1.67 bits per heavy atom. The number of imidazole rings is 1. The standard InChI is InChI=1S/C27H30ClN3O2/c1-19-23(28)31(18-20-12-13-20)25(30-19)27(33-22-10-6-3-7-11-22)16-14-26(15-17-27,24(29)32)21-8-4-2-5-9-21/h2-11,20H,12-18H2,1H3,(H2,29,32)/t26-,27+. The fraction of sp³-hybridized carbons (Fsp3) is 0.407. The molecule has 2 N–H and O–H groups in total. The number of aromatic nitrogens is 2. The number of primary amides is 1. The molecule has 5 rings (SSSR count). The number of hydrogen-bond acceptors (Lipinski definition) is 3. The van der Waals surface area contributed by atoms with E-state index in [0.717, 1.165) is 29.4 Å². The highest BCUT2D eigenvalue weighted by Gasteiger charge is 2.51. The quantitative estimate of drug-likeness (QED) is 0.501. The number of aryl methyl sites for hydroxylation is 1. The van der Waals surface area contributed by atoms with Gasteiger partial charge in [-0.2, -0.15) is 0 Å². The molecule has 0 unspecified atom stereocenters. The number of amides is 1. The van der Waals surface area contributed by atoms with Crippen LogP contribution < -0.4 is 10.5 Å². The zero-order valence-corrected chi connectivity index (χ0v) is 19.7. The zero-order valence-electron chi connectivity index (χ0n) is 19.0. The largest absolute Gasteiger partial charge is 0.479 e. The molecule has 2 saturated carbocycles. The fourth-order valence-corrected chi connectivity index (χ4v) is 5.42. The summed E-state index contributed by atoms with van der Waals surface area (Å²) >= 11 is 6.74. The first-order chi connectivity index (χ1) is 15.9. The number of para-hydroxylation sites is 1. The van der Waals surface area contributed by atoms with E-state index in [2.05, 4.69) is 4.57 Å². The summed E-state index contributed by atoms with van der Waals surface area (Å²) in [7, 11) is 0. The summed E-state index contributed by atoms with van der Waals surface area (Å²) < 4.78 is 8.90. The normalized spacial score (nSPS) is 25.0. The minimum absolute atomic E-state index is 0.280. The Kier molecular flexibility index (Phi) is 5.69. The van der Waals surface area contributed by atoms with E-state index in [0.29, 0.717) is 36.8 Å². The van der Waals surface area contributed by atoms with Crippen LogP contribution in [0.1, 0.15) is 55.6 Å². The van der Waals surface area contributed by atoms with E-state index in [1.807, 2.05) is 67.6 Å². The Bertz CT molecular complexity index is 1130. The molecule has 2 aliphatic carbocycles. The van der Waals surface area contributed by atoms with Crippen molar-refractivity contribution in [1.82, 2.24) is 9.55 Å². The van der Waals surface area contributed by atoms with E-state index in [-0.39, 0.29) is 5.91 Å². The maximum Gasteiger partial charge on any atom is 0.228 e. The first-order valence-electron chi connectivity index (χ1n) is 11.8. The highest BCUT2D eigenvalue weighted by molar-refractivity contribution is 6.30. The van der Waals surface area contributed by atoms with Crippen LogP contribution in [0.15, 0.2) is 60.7 Å². The predicted molar refractivity (Wildman–Crippen MR) is 129 cm³/mol. The summed E-state index contributed by atoms with van der Waals surface area (Å²) in [5.74, 6) is 2.02. The van der Waals surface area contributed by atoms with Gasteiger partial charge in [-0.3, -0.25) is 4.79 Å². The minimum Gasteiger partial charge on any atom is -0.479 e. The fourth-order valence-electron chi connectivity index (χ4n) is 5.23. The second-order valence-corrected chi connectivity index (χ2v) is 9.95.